The van der Waals surface area contributed by atoms with Crippen LogP contribution in [-0.4, -0.2) is 10.6 Å². The average Bonchev–Trinajstić information content (AvgIpc) is 2.48. The minimum atomic E-state index is -0.0296. The van der Waals surface area contributed by atoms with E-state index in [2.05, 4.69) is 35.0 Å². The number of Topliss-reactive ketones (excluding diaryl/α,β-unsaturated/α-hetero) is 1. The van der Waals surface area contributed by atoms with E-state index in [-0.39, 0.29) is 10.6 Å². The van der Waals surface area contributed by atoms with Crippen LogP contribution >= 0.6 is 15.9 Å². The number of ketones is 1. The molecule has 0 spiro atoms. The number of benzene rings is 1. The van der Waals surface area contributed by atoms with Gasteiger partial charge in [0.05, 0.1) is 4.83 Å². The molecule has 2 heteroatoms. The van der Waals surface area contributed by atoms with Crippen LogP contribution in [0.15, 0.2) is 24.3 Å². The minimum Gasteiger partial charge on any atom is -0.293 e. The zero-order chi connectivity index (χ0) is 13.7. The Bertz CT molecular complexity index is 404. The van der Waals surface area contributed by atoms with Crippen LogP contribution in [0, 0.1) is 0 Å². The molecule has 1 aromatic carbocycles. The van der Waals surface area contributed by atoms with Crippen LogP contribution in [0.4, 0.5) is 0 Å². The molecule has 1 aromatic rings. The van der Waals surface area contributed by atoms with Gasteiger partial charge in [0.2, 0.25) is 0 Å². The molecule has 1 aliphatic carbocycles. The molecule has 104 valence electrons. The summed E-state index contributed by atoms with van der Waals surface area (Å²) in [4.78, 5) is 12.1. The van der Waals surface area contributed by atoms with Crippen LogP contribution in [0.2, 0.25) is 0 Å². The number of halogens is 1. The van der Waals surface area contributed by atoms with Crippen LogP contribution in [0.5, 0.6) is 0 Å². The van der Waals surface area contributed by atoms with E-state index in [1.165, 1.54) is 37.7 Å². The number of rotatable bonds is 5. The lowest BCUT2D eigenvalue weighted by Gasteiger charge is -2.22. The van der Waals surface area contributed by atoms with Gasteiger partial charge in [0.1, 0.15) is 0 Å². The maximum Gasteiger partial charge on any atom is 0.176 e. The smallest absolute Gasteiger partial charge is 0.176 e. The SMILES string of the molecule is CCCC(Br)C(=O)c1ccc(C2CCCCC2)cc1. The van der Waals surface area contributed by atoms with E-state index < -0.39 is 0 Å². The molecule has 1 atom stereocenters. The van der Waals surface area contributed by atoms with Crippen molar-refractivity contribution in [1.82, 2.24) is 0 Å². The monoisotopic (exact) mass is 322 g/mol. The van der Waals surface area contributed by atoms with Gasteiger partial charge >= 0.3 is 0 Å². The number of hydrogen-bond acceptors (Lipinski definition) is 1. The van der Waals surface area contributed by atoms with Crippen LogP contribution in [0.3, 0.4) is 0 Å². The van der Waals surface area contributed by atoms with Crippen LogP contribution in [0.1, 0.15) is 73.7 Å². The Balaban J connectivity index is 2.03. The van der Waals surface area contributed by atoms with Crippen molar-refractivity contribution in [3.8, 4) is 0 Å². The van der Waals surface area contributed by atoms with Gasteiger partial charge in [-0.05, 0) is 30.7 Å². The van der Waals surface area contributed by atoms with E-state index in [0.29, 0.717) is 5.92 Å². The summed E-state index contributed by atoms with van der Waals surface area (Å²) in [5.41, 5.74) is 2.26. The highest BCUT2D eigenvalue weighted by Gasteiger charge is 2.18. The molecule has 0 bridgehead atoms. The predicted octanol–water partition coefficient (Wildman–Crippen LogP) is 5.48. The molecule has 1 unspecified atom stereocenters. The molecule has 1 fully saturated rings. The second-order valence-corrected chi connectivity index (χ2v) is 6.68. The van der Waals surface area contributed by atoms with Crippen molar-refractivity contribution in [2.45, 2.75) is 62.6 Å². The molecule has 0 N–H and O–H groups in total. The highest BCUT2D eigenvalue weighted by Crippen LogP contribution is 2.32. The van der Waals surface area contributed by atoms with Gasteiger partial charge in [-0.25, -0.2) is 0 Å². The lowest BCUT2D eigenvalue weighted by Crippen LogP contribution is -2.14. The molecule has 1 saturated carbocycles. The highest BCUT2D eigenvalue weighted by atomic mass is 79.9. The number of carbonyl (C=O) groups excluding carboxylic acids is 1. The van der Waals surface area contributed by atoms with Crippen molar-refractivity contribution in [2.75, 3.05) is 0 Å². The third-order valence-corrected chi connectivity index (χ3v) is 4.97. The van der Waals surface area contributed by atoms with E-state index in [0.717, 1.165) is 18.4 Å². The van der Waals surface area contributed by atoms with E-state index in [1.807, 2.05) is 12.1 Å². The van der Waals surface area contributed by atoms with Gasteiger partial charge in [0.15, 0.2) is 5.78 Å². The molecule has 0 aliphatic heterocycles. The third-order valence-electron chi connectivity index (χ3n) is 4.10. The molecule has 1 nitrogen and oxygen atoms in total. The van der Waals surface area contributed by atoms with Crippen molar-refractivity contribution >= 4 is 21.7 Å². The van der Waals surface area contributed by atoms with Crippen molar-refractivity contribution in [3.05, 3.63) is 35.4 Å². The molecular formula is C17H23BrO. The van der Waals surface area contributed by atoms with Gasteiger partial charge in [-0.3, -0.25) is 4.79 Å². The standard InChI is InChI=1S/C17H23BrO/c1-2-6-16(18)17(19)15-11-9-14(10-12-15)13-7-4-3-5-8-13/h9-13,16H,2-8H2,1H3. The zero-order valence-electron chi connectivity index (χ0n) is 11.7. The third kappa shape index (κ3) is 3.92. The van der Waals surface area contributed by atoms with Gasteiger partial charge < -0.3 is 0 Å². The molecule has 0 heterocycles. The minimum absolute atomic E-state index is 0.0296. The lowest BCUT2D eigenvalue weighted by atomic mass is 9.84. The zero-order valence-corrected chi connectivity index (χ0v) is 13.3. The highest BCUT2D eigenvalue weighted by molar-refractivity contribution is 9.10. The average molecular weight is 323 g/mol. The van der Waals surface area contributed by atoms with E-state index in [4.69, 9.17) is 0 Å². The van der Waals surface area contributed by atoms with Gasteiger partial charge in [0.25, 0.3) is 0 Å². The van der Waals surface area contributed by atoms with Crippen LogP contribution in [0.25, 0.3) is 0 Å². The Labute approximate surface area is 124 Å². The molecule has 1 aliphatic rings. The van der Waals surface area contributed by atoms with Crippen LogP contribution in [-0.2, 0) is 0 Å². The topological polar surface area (TPSA) is 17.1 Å². The fourth-order valence-corrected chi connectivity index (χ4v) is 3.64. The number of alkyl halides is 1. The summed E-state index contributed by atoms with van der Waals surface area (Å²) < 4.78 is 0. The first kappa shape index (κ1) is 14.8. The van der Waals surface area contributed by atoms with Crippen molar-refractivity contribution in [2.24, 2.45) is 0 Å². The molecule has 0 saturated heterocycles. The summed E-state index contributed by atoms with van der Waals surface area (Å²) in [5, 5.41) is 0. The van der Waals surface area contributed by atoms with E-state index in [9.17, 15) is 4.79 Å². The summed E-state index contributed by atoms with van der Waals surface area (Å²) >= 11 is 3.49. The summed E-state index contributed by atoms with van der Waals surface area (Å²) in [6.45, 7) is 2.10. The fraction of sp³-hybridized carbons (Fsp3) is 0.588. The summed E-state index contributed by atoms with van der Waals surface area (Å²) in [5.74, 6) is 0.936. The quantitative estimate of drug-likeness (QED) is 0.518. The van der Waals surface area contributed by atoms with Crippen molar-refractivity contribution in [1.29, 1.82) is 0 Å². The van der Waals surface area contributed by atoms with Gasteiger partial charge in [0, 0.05) is 5.56 Å². The number of hydrogen-bond donors (Lipinski definition) is 0. The first-order valence-electron chi connectivity index (χ1n) is 7.50. The Kier molecular flexibility index (Phi) is 5.62. The largest absolute Gasteiger partial charge is 0.293 e. The Morgan fingerprint density at radius 3 is 2.42 bits per heavy atom. The van der Waals surface area contributed by atoms with Gasteiger partial charge in [-0.2, -0.15) is 0 Å². The van der Waals surface area contributed by atoms with Gasteiger partial charge in [-0.1, -0.05) is 72.8 Å². The van der Waals surface area contributed by atoms with Crippen molar-refractivity contribution < 1.29 is 4.79 Å². The normalized spacial score (nSPS) is 18.2. The molecule has 0 radical (unpaired) electrons. The molecule has 0 amide bonds. The first-order chi connectivity index (χ1) is 9.22. The van der Waals surface area contributed by atoms with E-state index >= 15 is 0 Å². The predicted molar refractivity (Wildman–Crippen MR) is 84.2 cm³/mol. The Morgan fingerprint density at radius 2 is 1.84 bits per heavy atom. The van der Waals surface area contributed by atoms with Crippen molar-refractivity contribution in [3.63, 3.8) is 0 Å². The summed E-state index contributed by atoms with van der Waals surface area (Å²) in [7, 11) is 0. The Hall–Kier alpha value is -0.630. The van der Waals surface area contributed by atoms with Gasteiger partial charge in [-0.15, -0.1) is 0 Å². The number of carbonyl (C=O) groups is 1. The molecular weight excluding hydrogens is 300 g/mol. The Morgan fingerprint density at radius 1 is 1.21 bits per heavy atom. The van der Waals surface area contributed by atoms with Crippen LogP contribution < -0.4 is 0 Å². The molecule has 19 heavy (non-hydrogen) atoms. The molecule has 0 aromatic heterocycles. The fourth-order valence-electron chi connectivity index (χ4n) is 2.92. The second kappa shape index (κ2) is 7.23. The lowest BCUT2D eigenvalue weighted by molar-refractivity contribution is 0.0988. The molecule has 2 rings (SSSR count). The maximum absolute atomic E-state index is 12.2. The maximum atomic E-state index is 12.2. The summed E-state index contributed by atoms with van der Waals surface area (Å²) in [6, 6.07) is 8.34. The first-order valence-corrected chi connectivity index (χ1v) is 8.42. The second-order valence-electron chi connectivity index (χ2n) is 5.58. The summed E-state index contributed by atoms with van der Waals surface area (Å²) in [6.07, 6.45) is 8.64. The van der Waals surface area contributed by atoms with E-state index in [1.54, 1.807) is 0 Å².